The normalized spacial score (nSPS) is 9.77. The average molecular weight is 290 g/mol. The molecule has 1 aromatic carbocycles. The molecule has 0 fully saturated rings. The molecule has 0 saturated carbocycles. The fraction of sp³-hybridized carbons (Fsp3) is 0.300. The Labute approximate surface area is 91.4 Å². The molecule has 0 aliphatic carbocycles. The zero-order valence-corrected chi connectivity index (χ0v) is 9.79. The molecular formula is C10H11IO2. The molecule has 0 aliphatic heterocycles. The lowest BCUT2D eigenvalue weighted by atomic mass is 10.1. The fourth-order valence-electron chi connectivity index (χ4n) is 1.10. The van der Waals surface area contributed by atoms with Gasteiger partial charge in [0.05, 0.1) is 10.7 Å². The lowest BCUT2D eigenvalue weighted by molar-refractivity contribution is -0.116. The number of rotatable bonds is 3. The summed E-state index contributed by atoms with van der Waals surface area (Å²) in [6.45, 7) is 1.59. The van der Waals surface area contributed by atoms with Crippen molar-refractivity contribution in [3.05, 3.63) is 27.3 Å². The van der Waals surface area contributed by atoms with Crippen LogP contribution in [0.25, 0.3) is 0 Å². The summed E-state index contributed by atoms with van der Waals surface area (Å²) in [5.41, 5.74) is 1.00. The fourth-order valence-corrected chi connectivity index (χ4v) is 1.66. The predicted octanol–water partition coefficient (Wildman–Crippen LogP) is 2.43. The van der Waals surface area contributed by atoms with Gasteiger partial charge in [0.2, 0.25) is 0 Å². The monoisotopic (exact) mass is 290 g/mol. The van der Waals surface area contributed by atoms with Crippen LogP contribution < -0.4 is 4.74 Å². The first kappa shape index (κ1) is 10.5. The Hall–Kier alpha value is -0.580. The number of ketones is 1. The standard InChI is InChI=1S/C10H11IO2/c1-7(12)5-8-3-4-9(11)10(6-8)13-2/h3-4,6H,5H2,1-2H3. The van der Waals surface area contributed by atoms with Crippen LogP contribution in [0, 0.1) is 3.57 Å². The molecule has 2 nitrogen and oxygen atoms in total. The summed E-state index contributed by atoms with van der Waals surface area (Å²) < 4.78 is 6.21. The molecule has 3 heteroatoms. The molecule has 0 bridgehead atoms. The van der Waals surface area contributed by atoms with Crippen LogP contribution in [-0.2, 0) is 11.2 Å². The van der Waals surface area contributed by atoms with Crippen molar-refractivity contribution in [2.75, 3.05) is 7.11 Å². The Balaban J connectivity index is 2.92. The molecule has 0 spiro atoms. The second kappa shape index (κ2) is 4.60. The number of Topliss-reactive ketones (excluding diaryl/α,β-unsaturated/α-hetero) is 1. The predicted molar refractivity (Wildman–Crippen MR) is 60.1 cm³/mol. The number of hydrogen-bond acceptors (Lipinski definition) is 2. The van der Waals surface area contributed by atoms with Gasteiger partial charge in [-0.15, -0.1) is 0 Å². The Morgan fingerprint density at radius 1 is 1.54 bits per heavy atom. The van der Waals surface area contributed by atoms with E-state index in [2.05, 4.69) is 22.6 Å². The van der Waals surface area contributed by atoms with E-state index in [4.69, 9.17) is 4.74 Å². The van der Waals surface area contributed by atoms with Gasteiger partial charge in [-0.05, 0) is 47.2 Å². The third-order valence-corrected chi connectivity index (χ3v) is 2.56. The minimum absolute atomic E-state index is 0.170. The summed E-state index contributed by atoms with van der Waals surface area (Å²) in [6, 6.07) is 5.81. The van der Waals surface area contributed by atoms with Crippen LogP contribution >= 0.6 is 22.6 Å². The van der Waals surface area contributed by atoms with Gasteiger partial charge in [0.1, 0.15) is 11.5 Å². The lowest BCUT2D eigenvalue weighted by Crippen LogP contribution is -1.97. The summed E-state index contributed by atoms with van der Waals surface area (Å²) in [6.07, 6.45) is 0.479. The van der Waals surface area contributed by atoms with Gasteiger partial charge in [-0.1, -0.05) is 6.07 Å². The number of ether oxygens (including phenoxy) is 1. The number of halogens is 1. The number of methoxy groups -OCH3 is 1. The number of benzene rings is 1. The van der Waals surface area contributed by atoms with Crippen molar-refractivity contribution in [1.29, 1.82) is 0 Å². The molecule has 0 saturated heterocycles. The SMILES string of the molecule is COc1cc(CC(C)=O)ccc1I. The van der Waals surface area contributed by atoms with Crippen molar-refractivity contribution in [2.45, 2.75) is 13.3 Å². The maximum Gasteiger partial charge on any atom is 0.134 e. The highest BCUT2D eigenvalue weighted by molar-refractivity contribution is 14.1. The largest absolute Gasteiger partial charge is 0.496 e. The summed E-state index contributed by atoms with van der Waals surface area (Å²) in [4.78, 5) is 10.9. The molecule has 0 radical (unpaired) electrons. The Morgan fingerprint density at radius 3 is 2.77 bits per heavy atom. The van der Waals surface area contributed by atoms with Gasteiger partial charge in [0.25, 0.3) is 0 Å². The smallest absolute Gasteiger partial charge is 0.134 e. The van der Waals surface area contributed by atoms with Crippen molar-refractivity contribution in [3.63, 3.8) is 0 Å². The van der Waals surface area contributed by atoms with Crippen LogP contribution in [0.1, 0.15) is 12.5 Å². The quantitative estimate of drug-likeness (QED) is 0.799. The molecule has 13 heavy (non-hydrogen) atoms. The minimum Gasteiger partial charge on any atom is -0.496 e. The van der Waals surface area contributed by atoms with Crippen molar-refractivity contribution in [3.8, 4) is 5.75 Å². The molecule has 1 aromatic rings. The van der Waals surface area contributed by atoms with Gasteiger partial charge < -0.3 is 4.74 Å². The Morgan fingerprint density at radius 2 is 2.23 bits per heavy atom. The van der Waals surface area contributed by atoms with Gasteiger partial charge >= 0.3 is 0 Å². The topological polar surface area (TPSA) is 26.3 Å². The maximum atomic E-state index is 10.9. The maximum absolute atomic E-state index is 10.9. The van der Waals surface area contributed by atoms with Crippen LogP contribution in [0.2, 0.25) is 0 Å². The first-order valence-electron chi connectivity index (χ1n) is 3.95. The van der Waals surface area contributed by atoms with Crippen LogP contribution in [0.5, 0.6) is 5.75 Å². The van der Waals surface area contributed by atoms with Crippen LogP contribution in [0.15, 0.2) is 18.2 Å². The molecule has 0 aromatic heterocycles. The molecule has 0 unspecified atom stereocenters. The molecule has 0 aliphatic rings. The van der Waals surface area contributed by atoms with Crippen molar-refractivity contribution in [2.24, 2.45) is 0 Å². The van der Waals surface area contributed by atoms with Gasteiger partial charge in [-0.25, -0.2) is 0 Å². The summed E-state index contributed by atoms with van der Waals surface area (Å²) in [5, 5.41) is 0. The van der Waals surface area contributed by atoms with Crippen molar-refractivity contribution >= 4 is 28.4 Å². The minimum atomic E-state index is 0.170. The second-order valence-electron chi connectivity index (χ2n) is 2.85. The highest BCUT2D eigenvalue weighted by Gasteiger charge is 2.02. The molecule has 0 amide bonds. The first-order chi connectivity index (χ1) is 6.13. The van der Waals surface area contributed by atoms with E-state index in [9.17, 15) is 4.79 Å². The van der Waals surface area contributed by atoms with Gasteiger partial charge in [0, 0.05) is 6.42 Å². The summed E-state index contributed by atoms with van der Waals surface area (Å²) in [7, 11) is 1.63. The van der Waals surface area contributed by atoms with Gasteiger partial charge in [-0.3, -0.25) is 4.79 Å². The second-order valence-corrected chi connectivity index (χ2v) is 4.01. The lowest BCUT2D eigenvalue weighted by Gasteiger charge is -2.04. The van der Waals surface area contributed by atoms with Crippen LogP contribution in [0.4, 0.5) is 0 Å². The van der Waals surface area contributed by atoms with Crippen LogP contribution in [0.3, 0.4) is 0 Å². The number of hydrogen-bond donors (Lipinski definition) is 0. The summed E-state index contributed by atoms with van der Waals surface area (Å²) in [5.74, 6) is 1.00. The van der Waals surface area contributed by atoms with E-state index in [0.29, 0.717) is 6.42 Å². The van der Waals surface area contributed by atoms with E-state index >= 15 is 0 Å². The molecule has 1 rings (SSSR count). The third kappa shape index (κ3) is 2.99. The van der Waals surface area contributed by atoms with Crippen molar-refractivity contribution < 1.29 is 9.53 Å². The zero-order valence-electron chi connectivity index (χ0n) is 7.63. The van der Waals surface area contributed by atoms with E-state index in [-0.39, 0.29) is 5.78 Å². The van der Waals surface area contributed by atoms with E-state index in [1.54, 1.807) is 14.0 Å². The molecule has 0 heterocycles. The number of carbonyl (C=O) groups excluding carboxylic acids is 1. The Kier molecular flexibility index (Phi) is 3.71. The summed E-state index contributed by atoms with van der Waals surface area (Å²) >= 11 is 2.20. The van der Waals surface area contributed by atoms with E-state index < -0.39 is 0 Å². The zero-order chi connectivity index (χ0) is 9.84. The first-order valence-corrected chi connectivity index (χ1v) is 5.03. The van der Waals surface area contributed by atoms with Gasteiger partial charge in [0.15, 0.2) is 0 Å². The van der Waals surface area contributed by atoms with E-state index in [0.717, 1.165) is 14.9 Å². The van der Waals surface area contributed by atoms with Crippen LogP contribution in [-0.4, -0.2) is 12.9 Å². The highest BCUT2D eigenvalue weighted by atomic mass is 127. The van der Waals surface area contributed by atoms with E-state index in [1.807, 2.05) is 18.2 Å². The average Bonchev–Trinajstić information content (AvgIpc) is 2.07. The van der Waals surface area contributed by atoms with E-state index in [1.165, 1.54) is 0 Å². The highest BCUT2D eigenvalue weighted by Crippen LogP contribution is 2.21. The van der Waals surface area contributed by atoms with Crippen molar-refractivity contribution in [1.82, 2.24) is 0 Å². The molecule has 70 valence electrons. The number of carbonyl (C=O) groups is 1. The molecule has 0 N–H and O–H groups in total. The molecule has 0 atom stereocenters. The molecular weight excluding hydrogens is 279 g/mol. The van der Waals surface area contributed by atoms with Gasteiger partial charge in [-0.2, -0.15) is 0 Å². The third-order valence-electron chi connectivity index (χ3n) is 1.67. The Bertz CT molecular complexity index is 321.